The molecule has 0 aliphatic heterocycles. The summed E-state index contributed by atoms with van der Waals surface area (Å²) in [5.41, 5.74) is 2.14. The van der Waals surface area contributed by atoms with Crippen LogP contribution in [0.5, 0.6) is 5.75 Å². The zero-order valence-corrected chi connectivity index (χ0v) is 14.0. The number of nitrogens with one attached hydrogen (secondary N) is 1. The summed E-state index contributed by atoms with van der Waals surface area (Å²) in [5, 5.41) is 15.9. The number of hydrogen-bond acceptors (Lipinski definition) is 6. The molecule has 0 radical (unpaired) electrons. The van der Waals surface area contributed by atoms with Gasteiger partial charge in [0.2, 0.25) is 4.96 Å². The molecule has 124 valence electrons. The molecule has 0 atom stereocenters. The summed E-state index contributed by atoms with van der Waals surface area (Å²) < 4.78 is 6.86. The van der Waals surface area contributed by atoms with Crippen LogP contribution in [0, 0.1) is 0 Å². The number of benzene rings is 2. The molecular weight excluding hydrogens is 338 g/mol. The average molecular weight is 351 g/mol. The highest BCUT2D eigenvalue weighted by Gasteiger charge is 2.12. The maximum Gasteiger partial charge on any atom is 0.259 e. The van der Waals surface area contributed by atoms with Gasteiger partial charge in [-0.3, -0.25) is 4.79 Å². The predicted octanol–water partition coefficient (Wildman–Crippen LogP) is 3.11. The summed E-state index contributed by atoms with van der Waals surface area (Å²) >= 11 is 1.45. The number of para-hydroxylation sites is 1. The van der Waals surface area contributed by atoms with Crippen LogP contribution in [0.15, 0.2) is 54.9 Å². The molecule has 0 fully saturated rings. The minimum Gasteiger partial charge on any atom is -0.496 e. The Kier molecular flexibility index (Phi) is 3.87. The van der Waals surface area contributed by atoms with E-state index in [1.54, 1.807) is 36.2 Å². The number of fused-ring (bicyclic) bond motifs is 1. The fourth-order valence-corrected chi connectivity index (χ4v) is 3.23. The van der Waals surface area contributed by atoms with Crippen LogP contribution >= 0.6 is 11.3 Å². The molecule has 1 amide bonds. The molecule has 2 heterocycles. The van der Waals surface area contributed by atoms with E-state index in [4.69, 9.17) is 4.74 Å². The van der Waals surface area contributed by atoms with Crippen molar-refractivity contribution in [2.45, 2.75) is 0 Å². The number of ether oxygens (including phenoxy) is 1. The summed E-state index contributed by atoms with van der Waals surface area (Å²) in [5.74, 6) is 0.320. The molecule has 0 aliphatic rings. The second-order valence-electron chi connectivity index (χ2n) is 5.20. The van der Waals surface area contributed by atoms with Crippen LogP contribution in [0.2, 0.25) is 0 Å². The molecular formula is C17H13N5O2S. The number of rotatable bonds is 4. The molecule has 1 N–H and O–H groups in total. The number of hydrogen-bond donors (Lipinski definition) is 1. The van der Waals surface area contributed by atoms with Crippen LogP contribution < -0.4 is 10.1 Å². The standard InChI is InChI=1S/C17H13N5O2S/c1-24-14-5-3-2-4-13(14)15(23)19-12-8-6-11(7-9-12)16-21-22-10-18-20-17(22)25-16/h2-10H,1H3,(H,19,23). The lowest BCUT2D eigenvalue weighted by Crippen LogP contribution is -2.12. The molecule has 0 saturated carbocycles. The van der Waals surface area contributed by atoms with Gasteiger partial charge in [-0.15, -0.1) is 10.2 Å². The predicted molar refractivity (Wildman–Crippen MR) is 95.0 cm³/mol. The van der Waals surface area contributed by atoms with Gasteiger partial charge in [-0.05, 0) is 36.4 Å². The topological polar surface area (TPSA) is 81.4 Å². The van der Waals surface area contributed by atoms with Gasteiger partial charge in [0.15, 0.2) is 0 Å². The van der Waals surface area contributed by atoms with E-state index in [1.807, 2.05) is 30.3 Å². The minimum absolute atomic E-state index is 0.219. The molecule has 8 heteroatoms. The summed E-state index contributed by atoms with van der Waals surface area (Å²) in [6, 6.07) is 14.6. The molecule has 0 saturated heterocycles. The molecule has 0 unspecified atom stereocenters. The largest absolute Gasteiger partial charge is 0.496 e. The Labute approximate surface area is 146 Å². The molecule has 0 spiro atoms. The lowest BCUT2D eigenvalue weighted by atomic mass is 10.1. The normalized spacial score (nSPS) is 10.8. The van der Waals surface area contributed by atoms with Crippen LogP contribution in [-0.4, -0.2) is 32.8 Å². The monoisotopic (exact) mass is 351 g/mol. The molecule has 2 aromatic carbocycles. The van der Waals surface area contributed by atoms with Crippen LogP contribution in [0.1, 0.15) is 10.4 Å². The highest BCUT2D eigenvalue weighted by Crippen LogP contribution is 2.26. The number of anilines is 1. The Hall–Kier alpha value is -3.26. The fraction of sp³-hybridized carbons (Fsp3) is 0.0588. The van der Waals surface area contributed by atoms with Crippen LogP contribution in [0.4, 0.5) is 5.69 Å². The van der Waals surface area contributed by atoms with Crippen molar-refractivity contribution in [1.82, 2.24) is 19.8 Å². The van der Waals surface area contributed by atoms with E-state index in [2.05, 4.69) is 20.6 Å². The van der Waals surface area contributed by atoms with Gasteiger partial charge in [-0.25, -0.2) is 0 Å². The number of amides is 1. The molecule has 2 aromatic heterocycles. The zero-order valence-electron chi connectivity index (χ0n) is 13.2. The lowest BCUT2D eigenvalue weighted by Gasteiger charge is -2.09. The van der Waals surface area contributed by atoms with Crippen LogP contribution in [-0.2, 0) is 0 Å². The molecule has 0 aliphatic carbocycles. The van der Waals surface area contributed by atoms with Gasteiger partial charge in [-0.1, -0.05) is 23.5 Å². The van der Waals surface area contributed by atoms with Crippen molar-refractivity contribution in [3.63, 3.8) is 0 Å². The van der Waals surface area contributed by atoms with E-state index >= 15 is 0 Å². The van der Waals surface area contributed by atoms with Gasteiger partial charge >= 0.3 is 0 Å². The number of methoxy groups -OCH3 is 1. The van der Waals surface area contributed by atoms with E-state index in [0.717, 1.165) is 15.5 Å². The van der Waals surface area contributed by atoms with Gasteiger partial charge in [0.1, 0.15) is 17.1 Å². The lowest BCUT2D eigenvalue weighted by molar-refractivity contribution is 0.102. The molecule has 7 nitrogen and oxygen atoms in total. The van der Waals surface area contributed by atoms with Crippen molar-refractivity contribution in [2.75, 3.05) is 12.4 Å². The SMILES string of the molecule is COc1ccccc1C(=O)Nc1ccc(-c2nn3cnnc3s2)cc1. The number of nitrogens with zero attached hydrogens (tertiary/aromatic N) is 4. The van der Waals surface area contributed by atoms with Gasteiger partial charge in [0, 0.05) is 11.3 Å². The zero-order chi connectivity index (χ0) is 17.2. The third-order valence-corrected chi connectivity index (χ3v) is 4.59. The van der Waals surface area contributed by atoms with Crippen molar-refractivity contribution >= 4 is 27.9 Å². The summed E-state index contributed by atoms with van der Waals surface area (Å²) in [4.78, 5) is 13.2. The Bertz CT molecular complexity index is 1010. The maximum atomic E-state index is 12.4. The van der Waals surface area contributed by atoms with E-state index in [1.165, 1.54) is 11.3 Å². The minimum atomic E-state index is -0.219. The Morgan fingerprint density at radius 2 is 1.96 bits per heavy atom. The van der Waals surface area contributed by atoms with Crippen LogP contribution in [0.3, 0.4) is 0 Å². The van der Waals surface area contributed by atoms with Crippen molar-refractivity contribution in [1.29, 1.82) is 0 Å². The maximum absolute atomic E-state index is 12.4. The summed E-state index contributed by atoms with van der Waals surface area (Å²) in [6.07, 6.45) is 1.57. The second kappa shape index (κ2) is 6.33. The third kappa shape index (κ3) is 2.94. The Morgan fingerprint density at radius 3 is 2.72 bits per heavy atom. The third-order valence-electron chi connectivity index (χ3n) is 3.63. The van der Waals surface area contributed by atoms with E-state index < -0.39 is 0 Å². The highest BCUT2D eigenvalue weighted by atomic mass is 32.1. The quantitative estimate of drug-likeness (QED) is 0.611. The van der Waals surface area contributed by atoms with Crippen molar-refractivity contribution < 1.29 is 9.53 Å². The average Bonchev–Trinajstić information content (AvgIpc) is 3.24. The fourth-order valence-electron chi connectivity index (χ4n) is 2.40. The Morgan fingerprint density at radius 1 is 1.16 bits per heavy atom. The molecule has 0 bridgehead atoms. The smallest absolute Gasteiger partial charge is 0.259 e. The van der Waals surface area contributed by atoms with Crippen molar-refractivity contribution in [3.8, 4) is 16.3 Å². The number of carbonyl (C=O) groups is 1. The molecule has 4 aromatic rings. The van der Waals surface area contributed by atoms with E-state index in [9.17, 15) is 4.79 Å². The van der Waals surface area contributed by atoms with E-state index in [-0.39, 0.29) is 5.91 Å². The number of aromatic nitrogens is 4. The van der Waals surface area contributed by atoms with Gasteiger partial charge in [0.05, 0.1) is 12.7 Å². The second-order valence-corrected chi connectivity index (χ2v) is 6.15. The van der Waals surface area contributed by atoms with Crippen molar-refractivity contribution in [2.24, 2.45) is 0 Å². The highest BCUT2D eigenvalue weighted by molar-refractivity contribution is 7.19. The first-order valence-corrected chi connectivity index (χ1v) is 8.28. The first kappa shape index (κ1) is 15.3. The molecule has 4 rings (SSSR count). The summed E-state index contributed by atoms with van der Waals surface area (Å²) in [6.45, 7) is 0. The van der Waals surface area contributed by atoms with Crippen LogP contribution in [0.25, 0.3) is 15.5 Å². The molecule has 25 heavy (non-hydrogen) atoms. The Balaban J connectivity index is 1.54. The van der Waals surface area contributed by atoms with Gasteiger partial charge in [0.25, 0.3) is 5.91 Å². The first-order valence-electron chi connectivity index (χ1n) is 7.46. The van der Waals surface area contributed by atoms with Gasteiger partial charge in [-0.2, -0.15) is 9.61 Å². The van der Waals surface area contributed by atoms with E-state index in [0.29, 0.717) is 17.0 Å². The van der Waals surface area contributed by atoms with Crippen molar-refractivity contribution in [3.05, 3.63) is 60.4 Å². The summed E-state index contributed by atoms with van der Waals surface area (Å²) in [7, 11) is 1.54. The van der Waals surface area contributed by atoms with Gasteiger partial charge < -0.3 is 10.1 Å². The first-order chi connectivity index (χ1) is 12.2. The number of carbonyl (C=O) groups excluding carboxylic acids is 1.